The van der Waals surface area contributed by atoms with Gasteiger partial charge in [-0.3, -0.25) is 14.4 Å². The third kappa shape index (κ3) is 2.18. The molecule has 6 heteroatoms. The Bertz CT molecular complexity index is 592. The molecule has 0 unspecified atom stereocenters. The molecule has 3 aliphatic heterocycles. The summed E-state index contributed by atoms with van der Waals surface area (Å²) in [6.07, 6.45) is 5.57. The minimum absolute atomic E-state index is 0.0114. The smallest absolute Gasteiger partial charge is 0.242 e. The van der Waals surface area contributed by atoms with E-state index in [0.717, 1.165) is 32.1 Å². The number of amides is 3. The molecule has 3 heterocycles. The van der Waals surface area contributed by atoms with Gasteiger partial charge in [-0.05, 0) is 32.1 Å². The summed E-state index contributed by atoms with van der Waals surface area (Å²) in [5.74, 6) is 0.303. The van der Waals surface area contributed by atoms with E-state index in [2.05, 4.69) is 11.8 Å². The Morgan fingerprint density at radius 1 is 1.21 bits per heavy atom. The Kier molecular flexibility index (Phi) is 3.62. The number of likely N-dealkylation sites (tertiary alicyclic amines) is 3. The summed E-state index contributed by atoms with van der Waals surface area (Å²) in [5.41, 5.74) is 0.0114. The zero-order chi connectivity index (χ0) is 17.1. The number of fused-ring (bicyclic) bond motifs is 1. The van der Waals surface area contributed by atoms with E-state index < -0.39 is 0 Å². The molecule has 132 valence electrons. The first kappa shape index (κ1) is 15.9. The van der Waals surface area contributed by atoms with E-state index in [0.29, 0.717) is 19.5 Å². The zero-order valence-corrected chi connectivity index (χ0v) is 14.7. The molecule has 0 aromatic rings. The molecule has 4 rings (SSSR count). The fourth-order valence-electron chi connectivity index (χ4n) is 5.87. The maximum absolute atomic E-state index is 13.0. The highest BCUT2D eigenvalue weighted by atomic mass is 16.2. The van der Waals surface area contributed by atoms with Crippen LogP contribution < -0.4 is 0 Å². The maximum atomic E-state index is 13.0. The van der Waals surface area contributed by atoms with Crippen molar-refractivity contribution in [1.82, 2.24) is 14.7 Å². The summed E-state index contributed by atoms with van der Waals surface area (Å²) in [4.78, 5) is 42.8. The zero-order valence-electron chi connectivity index (χ0n) is 14.7. The van der Waals surface area contributed by atoms with Gasteiger partial charge in [0.2, 0.25) is 17.7 Å². The normalized spacial score (nSPS) is 38.0. The first-order valence-corrected chi connectivity index (χ1v) is 9.28. The van der Waals surface area contributed by atoms with Gasteiger partial charge in [0.15, 0.2) is 0 Å². The van der Waals surface area contributed by atoms with Crippen molar-refractivity contribution < 1.29 is 14.4 Å². The van der Waals surface area contributed by atoms with Crippen LogP contribution in [0, 0.1) is 5.41 Å². The second-order valence-electron chi connectivity index (χ2n) is 8.22. The summed E-state index contributed by atoms with van der Waals surface area (Å²) in [6, 6.07) is 0.622. The third-order valence-corrected chi connectivity index (χ3v) is 6.85. The molecular formula is C18H27N3O3. The van der Waals surface area contributed by atoms with E-state index in [9.17, 15) is 14.4 Å². The van der Waals surface area contributed by atoms with Gasteiger partial charge in [0.25, 0.3) is 0 Å². The summed E-state index contributed by atoms with van der Waals surface area (Å²) in [7, 11) is 0. The second kappa shape index (κ2) is 5.46. The van der Waals surface area contributed by atoms with Crippen LogP contribution in [0.25, 0.3) is 0 Å². The van der Waals surface area contributed by atoms with Gasteiger partial charge < -0.3 is 14.7 Å². The predicted molar refractivity (Wildman–Crippen MR) is 88.0 cm³/mol. The van der Waals surface area contributed by atoms with Crippen LogP contribution >= 0.6 is 0 Å². The van der Waals surface area contributed by atoms with Crippen molar-refractivity contribution in [3.63, 3.8) is 0 Å². The molecule has 4 fully saturated rings. The number of carbonyl (C=O) groups is 3. The number of hydrogen-bond donors (Lipinski definition) is 0. The lowest BCUT2D eigenvalue weighted by Crippen LogP contribution is -2.59. The van der Waals surface area contributed by atoms with Crippen LogP contribution in [0.1, 0.15) is 52.4 Å². The van der Waals surface area contributed by atoms with Gasteiger partial charge in [-0.2, -0.15) is 0 Å². The first-order valence-electron chi connectivity index (χ1n) is 9.28. The molecule has 0 aromatic heterocycles. The molecule has 0 spiro atoms. The molecule has 1 saturated carbocycles. The van der Waals surface area contributed by atoms with E-state index in [-0.39, 0.29) is 47.8 Å². The van der Waals surface area contributed by atoms with E-state index >= 15 is 0 Å². The maximum Gasteiger partial charge on any atom is 0.242 e. The fraction of sp³-hybridized carbons (Fsp3) is 0.833. The van der Waals surface area contributed by atoms with Gasteiger partial charge in [-0.25, -0.2) is 0 Å². The molecule has 4 atom stereocenters. The number of carbonyl (C=O) groups excluding carboxylic acids is 3. The summed E-state index contributed by atoms with van der Waals surface area (Å²) < 4.78 is 0. The van der Waals surface area contributed by atoms with Crippen molar-refractivity contribution in [3.05, 3.63) is 0 Å². The lowest BCUT2D eigenvalue weighted by atomic mass is 9.66. The van der Waals surface area contributed by atoms with E-state index in [1.54, 1.807) is 11.8 Å². The average Bonchev–Trinajstić information content (AvgIpc) is 3.05. The molecule has 3 amide bonds. The van der Waals surface area contributed by atoms with Crippen molar-refractivity contribution in [1.29, 1.82) is 0 Å². The van der Waals surface area contributed by atoms with Crippen LogP contribution in [0.4, 0.5) is 0 Å². The van der Waals surface area contributed by atoms with Crippen LogP contribution in [0.3, 0.4) is 0 Å². The quantitative estimate of drug-likeness (QED) is 0.757. The molecule has 6 nitrogen and oxygen atoms in total. The topological polar surface area (TPSA) is 60.9 Å². The monoisotopic (exact) mass is 333 g/mol. The van der Waals surface area contributed by atoms with Crippen molar-refractivity contribution in [2.75, 3.05) is 19.6 Å². The first-order chi connectivity index (χ1) is 11.4. The Balaban J connectivity index is 1.58. The van der Waals surface area contributed by atoms with E-state index in [1.165, 1.54) is 0 Å². The van der Waals surface area contributed by atoms with Gasteiger partial charge in [-0.15, -0.1) is 0 Å². The van der Waals surface area contributed by atoms with Crippen LogP contribution in [0.2, 0.25) is 0 Å². The van der Waals surface area contributed by atoms with Crippen molar-refractivity contribution in [2.24, 2.45) is 5.41 Å². The fourth-order valence-corrected chi connectivity index (χ4v) is 5.87. The molecule has 2 bridgehead atoms. The van der Waals surface area contributed by atoms with Crippen molar-refractivity contribution >= 4 is 17.7 Å². The largest absolute Gasteiger partial charge is 0.335 e. The summed E-state index contributed by atoms with van der Waals surface area (Å²) in [5, 5.41) is 0. The SMILES string of the molecule is CC(=O)N1[C@@H]2CN(C(=O)CN3CCCC3=O)[C@@H]3CCC[C@H]1[C@]3(C)C2. The summed E-state index contributed by atoms with van der Waals surface area (Å²) in [6.45, 7) is 5.46. The Hall–Kier alpha value is -1.59. The van der Waals surface area contributed by atoms with Gasteiger partial charge >= 0.3 is 0 Å². The Morgan fingerprint density at radius 2 is 1.96 bits per heavy atom. The van der Waals surface area contributed by atoms with Gasteiger partial charge in [0, 0.05) is 43.9 Å². The van der Waals surface area contributed by atoms with Gasteiger partial charge in [-0.1, -0.05) is 6.92 Å². The van der Waals surface area contributed by atoms with Crippen LogP contribution in [-0.2, 0) is 14.4 Å². The number of rotatable bonds is 2. The lowest BCUT2D eigenvalue weighted by molar-refractivity contribution is -0.144. The number of hydrogen-bond acceptors (Lipinski definition) is 3. The van der Waals surface area contributed by atoms with Crippen LogP contribution in [-0.4, -0.2) is 70.2 Å². The molecule has 3 saturated heterocycles. The molecular weight excluding hydrogens is 306 g/mol. The van der Waals surface area contributed by atoms with Crippen molar-refractivity contribution in [2.45, 2.75) is 70.5 Å². The van der Waals surface area contributed by atoms with Crippen LogP contribution in [0.15, 0.2) is 0 Å². The molecule has 24 heavy (non-hydrogen) atoms. The predicted octanol–water partition coefficient (Wildman–Crippen LogP) is 0.999. The van der Waals surface area contributed by atoms with Gasteiger partial charge in [0.05, 0.1) is 12.6 Å². The highest BCUT2D eigenvalue weighted by Gasteiger charge is 2.61. The van der Waals surface area contributed by atoms with E-state index in [1.807, 2.05) is 4.90 Å². The molecule has 0 N–H and O–H groups in total. The highest BCUT2D eigenvalue weighted by Crippen LogP contribution is 2.54. The Morgan fingerprint density at radius 3 is 2.62 bits per heavy atom. The van der Waals surface area contributed by atoms with Crippen molar-refractivity contribution in [3.8, 4) is 0 Å². The minimum Gasteiger partial charge on any atom is -0.335 e. The Labute approximate surface area is 143 Å². The third-order valence-electron chi connectivity index (χ3n) is 6.85. The molecule has 4 aliphatic rings. The lowest BCUT2D eigenvalue weighted by Gasteiger charge is -2.50. The molecule has 0 radical (unpaired) electrons. The van der Waals surface area contributed by atoms with Gasteiger partial charge in [0.1, 0.15) is 0 Å². The number of nitrogens with zero attached hydrogens (tertiary/aromatic N) is 3. The molecule has 1 aliphatic carbocycles. The molecule has 0 aromatic carbocycles. The number of piperidine rings is 1. The average molecular weight is 333 g/mol. The minimum atomic E-state index is 0.0114. The summed E-state index contributed by atoms with van der Waals surface area (Å²) >= 11 is 0. The van der Waals surface area contributed by atoms with Crippen LogP contribution in [0.5, 0.6) is 0 Å². The highest BCUT2D eigenvalue weighted by molar-refractivity contribution is 5.86. The standard InChI is InChI=1S/C18H27N3O3/c1-12(22)21-13-9-18(2)14(5-3-6-15(18)21)20(10-13)17(24)11-19-8-4-7-16(19)23/h13-15H,3-11H2,1-2H3/t13-,14+,15-,18+/m0/s1. The van der Waals surface area contributed by atoms with E-state index in [4.69, 9.17) is 0 Å². The second-order valence-corrected chi connectivity index (χ2v) is 8.22.